The second-order valence-corrected chi connectivity index (χ2v) is 10.3. The van der Waals surface area contributed by atoms with Gasteiger partial charge in [0.05, 0.1) is 18.3 Å². The molecule has 1 saturated heterocycles. The van der Waals surface area contributed by atoms with Gasteiger partial charge in [-0.2, -0.15) is 5.10 Å². The molecule has 3 heterocycles. The van der Waals surface area contributed by atoms with Crippen molar-refractivity contribution in [3.63, 3.8) is 0 Å². The molecule has 0 bridgehead atoms. The second kappa shape index (κ2) is 9.53. The molecule has 0 spiro atoms. The molecule has 7 nitrogen and oxygen atoms in total. The lowest BCUT2D eigenvalue weighted by Gasteiger charge is -2.44. The van der Waals surface area contributed by atoms with E-state index in [9.17, 15) is 9.59 Å². The Hall–Kier alpha value is -2.67. The Bertz CT molecular complexity index is 1030. The van der Waals surface area contributed by atoms with Crippen molar-refractivity contribution < 1.29 is 14.3 Å². The third-order valence-electron chi connectivity index (χ3n) is 7.80. The second-order valence-electron chi connectivity index (χ2n) is 10.3. The maximum atomic E-state index is 13.8. The van der Waals surface area contributed by atoms with E-state index in [1.807, 2.05) is 13.0 Å². The van der Waals surface area contributed by atoms with Crippen LogP contribution in [0.4, 0.5) is 0 Å². The van der Waals surface area contributed by atoms with E-state index in [0.717, 1.165) is 56.2 Å². The summed E-state index contributed by atoms with van der Waals surface area (Å²) in [5.74, 6) is -0.229. The highest BCUT2D eigenvalue weighted by Crippen LogP contribution is 2.32. The van der Waals surface area contributed by atoms with Crippen LogP contribution in [0.5, 0.6) is 0 Å². The van der Waals surface area contributed by atoms with E-state index in [0.29, 0.717) is 25.4 Å². The van der Waals surface area contributed by atoms with Crippen LogP contribution in [0.1, 0.15) is 74.8 Å². The number of hydrogen-bond donors (Lipinski definition) is 1. The fourth-order valence-corrected chi connectivity index (χ4v) is 5.56. The number of aromatic nitrogens is 2. The number of rotatable bonds is 6. The molecule has 3 aliphatic rings. The number of carbonyl (C=O) groups excluding carboxylic acids is 2. The van der Waals surface area contributed by atoms with Crippen LogP contribution in [0.3, 0.4) is 0 Å². The van der Waals surface area contributed by atoms with Crippen molar-refractivity contribution in [2.75, 3.05) is 13.2 Å². The number of nitrogens with one attached hydrogen (secondary N) is 1. The lowest BCUT2D eigenvalue weighted by molar-refractivity contribution is -0.134. The van der Waals surface area contributed by atoms with Gasteiger partial charge in [0, 0.05) is 24.8 Å². The van der Waals surface area contributed by atoms with Crippen LogP contribution in [-0.4, -0.2) is 57.3 Å². The van der Waals surface area contributed by atoms with Crippen molar-refractivity contribution in [3.05, 3.63) is 41.6 Å². The first-order valence-electron chi connectivity index (χ1n) is 12.9. The van der Waals surface area contributed by atoms with E-state index in [1.165, 1.54) is 12.0 Å². The summed E-state index contributed by atoms with van der Waals surface area (Å²) in [6.45, 7) is 5.50. The van der Waals surface area contributed by atoms with Gasteiger partial charge in [0.25, 0.3) is 5.91 Å². The van der Waals surface area contributed by atoms with Gasteiger partial charge in [-0.05, 0) is 50.7 Å². The average molecular weight is 465 g/mol. The zero-order valence-corrected chi connectivity index (χ0v) is 20.4. The lowest BCUT2D eigenvalue weighted by Crippen LogP contribution is -2.66. The molecule has 2 atom stereocenters. The smallest absolute Gasteiger partial charge is 0.273 e. The third-order valence-corrected chi connectivity index (χ3v) is 7.80. The van der Waals surface area contributed by atoms with E-state index >= 15 is 0 Å². The first-order chi connectivity index (χ1) is 16.5. The summed E-state index contributed by atoms with van der Waals surface area (Å²) in [6, 6.07) is 10.4. The Kier molecular flexibility index (Phi) is 6.47. The van der Waals surface area contributed by atoms with E-state index in [1.54, 1.807) is 9.58 Å². The average Bonchev–Trinajstić information content (AvgIpc) is 3.52. The summed E-state index contributed by atoms with van der Waals surface area (Å²) in [4.78, 5) is 29.2. The number of hydrogen-bond acceptors (Lipinski definition) is 4. The Morgan fingerprint density at radius 1 is 1.15 bits per heavy atom. The summed E-state index contributed by atoms with van der Waals surface area (Å²) in [7, 11) is 0. The van der Waals surface area contributed by atoms with Crippen LogP contribution < -0.4 is 5.32 Å². The SMILES string of the molecule is CCc1ccc(-c2cc3n(n2)CC(C)(C(=O)NC2CCCCC2)N(CC2CCCO2)C3=O)cc1. The fraction of sp³-hybridized carbons (Fsp3) is 0.593. The summed E-state index contributed by atoms with van der Waals surface area (Å²) in [5.41, 5.74) is 2.53. The van der Waals surface area contributed by atoms with Crippen molar-refractivity contribution in [2.45, 2.75) is 89.4 Å². The number of amides is 2. The van der Waals surface area contributed by atoms with Gasteiger partial charge in [-0.3, -0.25) is 14.3 Å². The maximum Gasteiger partial charge on any atom is 0.273 e. The van der Waals surface area contributed by atoms with Gasteiger partial charge in [-0.25, -0.2) is 0 Å². The highest BCUT2D eigenvalue weighted by molar-refractivity contribution is 6.00. The molecule has 182 valence electrons. The predicted molar refractivity (Wildman–Crippen MR) is 130 cm³/mol. The van der Waals surface area contributed by atoms with Gasteiger partial charge in [0.2, 0.25) is 5.91 Å². The molecule has 1 N–H and O–H groups in total. The minimum atomic E-state index is -1.01. The number of fused-ring (bicyclic) bond motifs is 1. The van der Waals surface area contributed by atoms with Gasteiger partial charge in [-0.15, -0.1) is 0 Å². The van der Waals surface area contributed by atoms with Crippen LogP contribution in [0.15, 0.2) is 30.3 Å². The van der Waals surface area contributed by atoms with Gasteiger partial charge >= 0.3 is 0 Å². The zero-order valence-electron chi connectivity index (χ0n) is 20.4. The van der Waals surface area contributed by atoms with E-state index in [4.69, 9.17) is 9.84 Å². The molecule has 34 heavy (non-hydrogen) atoms. The number of nitrogens with zero attached hydrogens (tertiary/aromatic N) is 3. The van der Waals surface area contributed by atoms with E-state index < -0.39 is 5.54 Å². The van der Waals surface area contributed by atoms with Gasteiger partial charge < -0.3 is 15.0 Å². The quantitative estimate of drug-likeness (QED) is 0.702. The Balaban J connectivity index is 1.46. The molecular weight excluding hydrogens is 428 g/mol. The fourth-order valence-electron chi connectivity index (χ4n) is 5.56. The Morgan fingerprint density at radius 2 is 1.91 bits per heavy atom. The summed E-state index contributed by atoms with van der Waals surface area (Å²) >= 11 is 0. The topological polar surface area (TPSA) is 76.5 Å². The number of carbonyl (C=O) groups is 2. The van der Waals surface area contributed by atoms with Crippen LogP contribution in [0.2, 0.25) is 0 Å². The molecule has 2 unspecified atom stereocenters. The number of aryl methyl sites for hydroxylation is 1. The molecule has 1 aromatic heterocycles. The monoisotopic (exact) mass is 464 g/mol. The van der Waals surface area contributed by atoms with Crippen molar-refractivity contribution in [1.82, 2.24) is 20.0 Å². The minimum absolute atomic E-state index is 0.0266. The minimum Gasteiger partial charge on any atom is -0.376 e. The molecule has 1 saturated carbocycles. The van der Waals surface area contributed by atoms with Crippen molar-refractivity contribution in [1.29, 1.82) is 0 Å². The highest BCUT2D eigenvalue weighted by atomic mass is 16.5. The standard InChI is InChI=1S/C27H36N4O3/c1-3-19-11-13-20(14-12-19)23-16-24-25(32)30(17-22-10-7-15-34-22)27(2,18-31(24)29-23)26(33)28-21-8-5-4-6-9-21/h11-14,16,21-22H,3-10,15,17-18H2,1-2H3,(H,28,33). The van der Waals surface area contributed by atoms with Crippen molar-refractivity contribution in [2.24, 2.45) is 0 Å². The summed E-state index contributed by atoms with van der Waals surface area (Å²) in [6.07, 6.45) is 8.39. The molecule has 1 aliphatic carbocycles. The third kappa shape index (κ3) is 4.38. The Labute approximate surface area is 201 Å². The maximum absolute atomic E-state index is 13.8. The molecular formula is C27H36N4O3. The lowest BCUT2D eigenvalue weighted by atomic mass is 9.91. The molecule has 5 rings (SSSR count). The van der Waals surface area contributed by atoms with Crippen molar-refractivity contribution in [3.8, 4) is 11.3 Å². The molecule has 2 amide bonds. The van der Waals surface area contributed by atoms with Crippen LogP contribution >= 0.6 is 0 Å². The summed E-state index contributed by atoms with van der Waals surface area (Å²) in [5, 5.41) is 8.05. The number of ether oxygens (including phenoxy) is 1. The first-order valence-corrected chi connectivity index (χ1v) is 12.9. The highest BCUT2D eigenvalue weighted by Gasteiger charge is 2.49. The number of benzene rings is 1. The van der Waals surface area contributed by atoms with E-state index in [-0.39, 0.29) is 24.0 Å². The first kappa shape index (κ1) is 23.1. The van der Waals surface area contributed by atoms with Gasteiger partial charge in [0.1, 0.15) is 11.2 Å². The molecule has 1 aromatic carbocycles. The van der Waals surface area contributed by atoms with Crippen molar-refractivity contribution >= 4 is 11.8 Å². The van der Waals surface area contributed by atoms with Gasteiger partial charge in [-0.1, -0.05) is 50.5 Å². The van der Waals surface area contributed by atoms with Crippen LogP contribution in [-0.2, 0) is 22.5 Å². The predicted octanol–water partition coefficient (Wildman–Crippen LogP) is 3.95. The van der Waals surface area contributed by atoms with E-state index in [2.05, 4.69) is 36.5 Å². The zero-order chi connectivity index (χ0) is 23.7. The normalized spacial score (nSPS) is 25.4. The van der Waals surface area contributed by atoms with Gasteiger partial charge in [0.15, 0.2) is 0 Å². The molecule has 0 radical (unpaired) electrons. The van der Waals surface area contributed by atoms with Crippen LogP contribution in [0.25, 0.3) is 11.3 Å². The largest absolute Gasteiger partial charge is 0.376 e. The summed E-state index contributed by atoms with van der Waals surface area (Å²) < 4.78 is 7.60. The molecule has 2 fully saturated rings. The molecule has 7 heteroatoms. The Morgan fingerprint density at radius 3 is 2.59 bits per heavy atom. The van der Waals surface area contributed by atoms with Crippen LogP contribution in [0, 0.1) is 0 Å². The molecule has 2 aromatic rings. The molecule has 2 aliphatic heterocycles.